The van der Waals surface area contributed by atoms with Crippen molar-refractivity contribution in [1.82, 2.24) is 14.9 Å². The topological polar surface area (TPSA) is 96.8 Å². The van der Waals surface area contributed by atoms with Crippen LogP contribution >= 0.6 is 0 Å². The van der Waals surface area contributed by atoms with E-state index in [9.17, 15) is 4.79 Å². The Hall–Kier alpha value is -3.49. The molecule has 1 aliphatic heterocycles. The predicted molar refractivity (Wildman–Crippen MR) is 121 cm³/mol. The molecule has 1 aromatic heterocycles. The summed E-state index contributed by atoms with van der Waals surface area (Å²) in [5.74, 6) is 0.406. The molecule has 0 spiro atoms. The van der Waals surface area contributed by atoms with E-state index < -0.39 is 5.97 Å². The number of aromatic nitrogens is 2. The largest absolute Gasteiger partial charge is 0.492 e. The number of ether oxygens (including phenoxy) is 2. The minimum Gasteiger partial charge on any atom is -0.492 e. The lowest BCUT2D eigenvalue weighted by Gasteiger charge is -2.26. The molecule has 1 saturated heterocycles. The fourth-order valence-corrected chi connectivity index (χ4v) is 3.39. The lowest BCUT2D eigenvalue weighted by atomic mass is 10.1. The van der Waals surface area contributed by atoms with Crippen molar-refractivity contribution in [2.24, 2.45) is 0 Å². The van der Waals surface area contributed by atoms with E-state index in [2.05, 4.69) is 20.2 Å². The smallest absolute Gasteiger partial charge is 0.335 e. The number of nitrogens with one attached hydrogen (secondary N) is 1. The number of benzene rings is 2. The van der Waals surface area contributed by atoms with Crippen molar-refractivity contribution < 1.29 is 19.4 Å². The first-order valence-corrected chi connectivity index (χ1v) is 10.6. The summed E-state index contributed by atoms with van der Waals surface area (Å²) < 4.78 is 11.2. The van der Waals surface area contributed by atoms with Gasteiger partial charge < -0.3 is 19.9 Å². The van der Waals surface area contributed by atoms with Crippen molar-refractivity contribution in [2.75, 3.05) is 44.8 Å². The molecule has 32 heavy (non-hydrogen) atoms. The van der Waals surface area contributed by atoms with Crippen LogP contribution in [-0.4, -0.2) is 65.4 Å². The van der Waals surface area contributed by atoms with Gasteiger partial charge in [0.05, 0.1) is 24.5 Å². The Bertz CT molecular complexity index is 1020. The molecular weight excluding hydrogens is 408 g/mol. The second-order valence-corrected chi connectivity index (χ2v) is 7.45. The van der Waals surface area contributed by atoms with Crippen LogP contribution in [0.4, 0.5) is 5.95 Å². The molecule has 0 saturated carbocycles. The predicted octanol–water partition coefficient (Wildman–Crippen LogP) is 3.16. The average molecular weight is 434 g/mol. The number of nitrogens with zero attached hydrogens (tertiary/aromatic N) is 3. The highest BCUT2D eigenvalue weighted by Crippen LogP contribution is 2.21. The van der Waals surface area contributed by atoms with Crippen LogP contribution in [0.2, 0.25) is 0 Å². The molecule has 1 fully saturated rings. The number of hydrogen-bond donors (Lipinski definition) is 2. The molecule has 0 unspecified atom stereocenters. The van der Waals surface area contributed by atoms with Crippen LogP contribution in [0.15, 0.2) is 60.8 Å². The van der Waals surface area contributed by atoms with E-state index in [0.717, 1.165) is 55.4 Å². The van der Waals surface area contributed by atoms with E-state index in [1.807, 2.05) is 30.3 Å². The molecule has 4 rings (SSSR count). The summed E-state index contributed by atoms with van der Waals surface area (Å²) in [5, 5.41) is 12.2. The van der Waals surface area contributed by atoms with Crippen LogP contribution in [0, 0.1) is 0 Å². The maximum absolute atomic E-state index is 11.0. The van der Waals surface area contributed by atoms with Crippen LogP contribution in [0.3, 0.4) is 0 Å². The first kappa shape index (κ1) is 21.7. The number of carbonyl (C=O) groups is 1. The molecule has 0 radical (unpaired) electrons. The normalized spacial score (nSPS) is 14.1. The van der Waals surface area contributed by atoms with E-state index in [0.29, 0.717) is 19.1 Å². The number of hydrogen-bond acceptors (Lipinski definition) is 7. The van der Waals surface area contributed by atoms with E-state index in [1.54, 1.807) is 30.5 Å². The van der Waals surface area contributed by atoms with Gasteiger partial charge >= 0.3 is 5.97 Å². The van der Waals surface area contributed by atoms with Crippen molar-refractivity contribution in [3.63, 3.8) is 0 Å². The van der Waals surface area contributed by atoms with Crippen molar-refractivity contribution >= 4 is 11.9 Å². The molecule has 2 aromatic carbocycles. The van der Waals surface area contributed by atoms with E-state index in [1.165, 1.54) is 0 Å². The van der Waals surface area contributed by atoms with Gasteiger partial charge in [0.1, 0.15) is 12.4 Å². The maximum Gasteiger partial charge on any atom is 0.335 e. The Morgan fingerprint density at radius 3 is 2.53 bits per heavy atom. The summed E-state index contributed by atoms with van der Waals surface area (Å²) in [4.78, 5) is 22.1. The summed E-state index contributed by atoms with van der Waals surface area (Å²) in [5.41, 5.74) is 2.99. The number of morpholine rings is 1. The first-order valence-electron chi connectivity index (χ1n) is 10.6. The maximum atomic E-state index is 11.0. The van der Waals surface area contributed by atoms with Gasteiger partial charge in [0, 0.05) is 37.9 Å². The number of anilines is 1. The van der Waals surface area contributed by atoms with Gasteiger partial charge in [0.2, 0.25) is 5.95 Å². The second-order valence-electron chi connectivity index (χ2n) is 7.45. The zero-order valence-electron chi connectivity index (χ0n) is 17.7. The third-order valence-electron chi connectivity index (χ3n) is 5.24. The Labute approximate surface area is 186 Å². The number of carboxylic acid groups (broad SMARTS) is 1. The highest BCUT2D eigenvalue weighted by molar-refractivity contribution is 5.87. The highest BCUT2D eigenvalue weighted by atomic mass is 16.5. The molecule has 1 aliphatic rings. The van der Waals surface area contributed by atoms with E-state index in [4.69, 9.17) is 14.6 Å². The first-order chi connectivity index (χ1) is 15.7. The van der Waals surface area contributed by atoms with E-state index in [-0.39, 0.29) is 5.56 Å². The molecule has 0 aliphatic carbocycles. The van der Waals surface area contributed by atoms with Gasteiger partial charge in [-0.3, -0.25) is 4.90 Å². The summed E-state index contributed by atoms with van der Waals surface area (Å²) in [7, 11) is 0. The molecule has 3 aromatic rings. The standard InChI is InChI=1S/C24H26N4O4/c29-23(30)20-3-1-18(2-4-20)17-26-24-25-10-9-22(27-24)19-5-7-21(8-6-19)32-16-13-28-11-14-31-15-12-28/h1-10H,11-17H2,(H,29,30)(H,25,26,27). The van der Waals surface area contributed by atoms with Crippen LogP contribution in [0.5, 0.6) is 5.75 Å². The van der Waals surface area contributed by atoms with Gasteiger partial charge in [0.25, 0.3) is 0 Å². The van der Waals surface area contributed by atoms with Crippen molar-refractivity contribution in [2.45, 2.75) is 6.54 Å². The molecule has 0 bridgehead atoms. The monoisotopic (exact) mass is 434 g/mol. The van der Waals surface area contributed by atoms with E-state index >= 15 is 0 Å². The quantitative estimate of drug-likeness (QED) is 0.530. The van der Waals surface area contributed by atoms with Crippen molar-refractivity contribution in [1.29, 1.82) is 0 Å². The zero-order valence-corrected chi connectivity index (χ0v) is 17.7. The highest BCUT2D eigenvalue weighted by Gasteiger charge is 2.10. The third kappa shape index (κ3) is 6.03. The average Bonchev–Trinajstić information content (AvgIpc) is 2.84. The van der Waals surface area contributed by atoms with Gasteiger partial charge in [-0.1, -0.05) is 12.1 Å². The lowest BCUT2D eigenvalue weighted by molar-refractivity contribution is 0.0322. The van der Waals surface area contributed by atoms with Gasteiger partial charge in [-0.2, -0.15) is 0 Å². The molecule has 8 heteroatoms. The summed E-state index contributed by atoms with van der Waals surface area (Å²) in [6, 6.07) is 16.5. The number of aromatic carboxylic acids is 1. The summed E-state index contributed by atoms with van der Waals surface area (Å²) >= 11 is 0. The fraction of sp³-hybridized carbons (Fsp3) is 0.292. The molecule has 0 atom stereocenters. The lowest BCUT2D eigenvalue weighted by Crippen LogP contribution is -2.38. The number of rotatable bonds is 9. The Balaban J connectivity index is 1.30. The fourth-order valence-electron chi connectivity index (χ4n) is 3.39. The van der Waals surface area contributed by atoms with Crippen LogP contribution in [-0.2, 0) is 11.3 Å². The SMILES string of the molecule is O=C(O)c1ccc(CNc2nccc(-c3ccc(OCCN4CCOCC4)cc3)n2)cc1. The molecule has 2 N–H and O–H groups in total. The van der Waals surface area contributed by atoms with Gasteiger partial charge in [0.15, 0.2) is 0 Å². The Morgan fingerprint density at radius 2 is 1.81 bits per heavy atom. The molecule has 2 heterocycles. The Morgan fingerprint density at radius 1 is 1.06 bits per heavy atom. The van der Waals surface area contributed by atoms with Gasteiger partial charge in [-0.05, 0) is 48.0 Å². The van der Waals surface area contributed by atoms with Crippen LogP contribution < -0.4 is 10.1 Å². The van der Waals surface area contributed by atoms with Gasteiger partial charge in [-0.25, -0.2) is 14.8 Å². The van der Waals surface area contributed by atoms with Crippen LogP contribution in [0.1, 0.15) is 15.9 Å². The summed E-state index contributed by atoms with van der Waals surface area (Å²) in [6.45, 7) is 5.54. The molecule has 0 amide bonds. The van der Waals surface area contributed by atoms with Crippen LogP contribution in [0.25, 0.3) is 11.3 Å². The summed E-state index contributed by atoms with van der Waals surface area (Å²) in [6.07, 6.45) is 1.71. The molecule has 8 nitrogen and oxygen atoms in total. The third-order valence-corrected chi connectivity index (χ3v) is 5.24. The second kappa shape index (κ2) is 10.7. The van der Waals surface area contributed by atoms with Crippen molar-refractivity contribution in [3.05, 3.63) is 71.9 Å². The number of carboxylic acids is 1. The Kier molecular flexibility index (Phi) is 7.27. The minimum absolute atomic E-state index is 0.264. The molecule has 166 valence electrons. The van der Waals surface area contributed by atoms with Crippen molar-refractivity contribution in [3.8, 4) is 17.0 Å². The zero-order chi connectivity index (χ0) is 22.2. The minimum atomic E-state index is -0.936. The molecular formula is C24H26N4O4. The van der Waals surface area contributed by atoms with Gasteiger partial charge in [-0.15, -0.1) is 0 Å².